The first-order valence-corrected chi connectivity index (χ1v) is 13.9. The molecule has 190 valence electrons. The summed E-state index contributed by atoms with van der Waals surface area (Å²) < 4.78 is 27.2. The Morgan fingerprint density at radius 2 is 1.50 bits per heavy atom. The number of nitrogens with one attached hydrogen (secondary N) is 3. The third-order valence-electron chi connectivity index (χ3n) is 5.27. The normalized spacial score (nSPS) is 11.2. The number of sulfonamides is 1. The van der Waals surface area contributed by atoms with Crippen molar-refractivity contribution in [3.8, 4) is 22.5 Å². The number of carbonyl (C=O) groups is 1. The Hall–Kier alpha value is -4.55. The Kier molecular flexibility index (Phi) is 7.43. The minimum Gasteiger partial charge on any atom is -0.330 e. The van der Waals surface area contributed by atoms with Gasteiger partial charge in [-0.3, -0.25) is 4.79 Å². The molecule has 0 atom stereocenters. The van der Waals surface area contributed by atoms with Crippen LogP contribution in [-0.2, 0) is 14.8 Å². The maximum absolute atomic E-state index is 12.6. The zero-order chi connectivity index (χ0) is 26.4. The molecule has 12 heteroatoms. The molecule has 3 aromatic carbocycles. The Balaban J connectivity index is 1.25. The summed E-state index contributed by atoms with van der Waals surface area (Å²) in [5, 5.41) is 11.8. The fourth-order valence-electron chi connectivity index (χ4n) is 3.51. The molecule has 0 fully saturated rings. The van der Waals surface area contributed by atoms with Gasteiger partial charge in [0.25, 0.3) is 10.0 Å². The fourth-order valence-corrected chi connectivity index (χ4v) is 5.08. The minimum absolute atomic E-state index is 0.0349. The van der Waals surface area contributed by atoms with E-state index < -0.39 is 10.0 Å². The van der Waals surface area contributed by atoms with Crippen LogP contribution in [0.2, 0.25) is 0 Å². The van der Waals surface area contributed by atoms with Crippen LogP contribution in [0, 0.1) is 0 Å². The number of carbonyl (C=O) groups excluding carboxylic acids is 1. The van der Waals surface area contributed by atoms with Crippen molar-refractivity contribution in [2.75, 3.05) is 15.8 Å². The van der Waals surface area contributed by atoms with Crippen molar-refractivity contribution in [1.29, 1.82) is 0 Å². The van der Waals surface area contributed by atoms with Gasteiger partial charge < -0.3 is 10.3 Å². The van der Waals surface area contributed by atoms with Gasteiger partial charge in [-0.1, -0.05) is 72.4 Å². The van der Waals surface area contributed by atoms with Gasteiger partial charge in [0.15, 0.2) is 0 Å². The topological polar surface area (TPSA) is 143 Å². The number of aromatic amines is 1. The molecule has 0 spiro atoms. The van der Waals surface area contributed by atoms with Gasteiger partial charge >= 0.3 is 0 Å². The number of hydrogen-bond donors (Lipinski definition) is 3. The van der Waals surface area contributed by atoms with E-state index in [2.05, 4.69) is 30.2 Å². The van der Waals surface area contributed by atoms with Gasteiger partial charge in [0.1, 0.15) is 11.4 Å². The van der Waals surface area contributed by atoms with Gasteiger partial charge in [-0.25, -0.2) is 23.1 Å². The second kappa shape index (κ2) is 11.2. The molecule has 0 bridgehead atoms. The van der Waals surface area contributed by atoms with Gasteiger partial charge in [0.2, 0.25) is 17.0 Å². The Morgan fingerprint density at radius 3 is 2.13 bits per heavy atom. The first-order valence-electron chi connectivity index (χ1n) is 11.4. The second-order valence-electron chi connectivity index (χ2n) is 7.93. The van der Waals surface area contributed by atoms with E-state index in [1.165, 1.54) is 36.7 Å². The standard InChI is InChI=1S/C26H21N7O3S2/c34-22(29-20-11-13-21(14-12-20)38(35,36)33-25-27-15-16-28-25)17-37-26-30-23(18-7-3-1-4-8-18)24(31-32-26)19-9-5-2-6-10-19/h1-16H,17H2,(H,29,34)(H2,27,28,33). The molecule has 5 aromatic rings. The molecule has 3 N–H and O–H groups in total. The summed E-state index contributed by atoms with van der Waals surface area (Å²) in [7, 11) is -3.81. The highest BCUT2D eigenvalue weighted by atomic mass is 32.2. The molecule has 5 rings (SSSR count). The Bertz CT molecular complexity index is 1630. The number of anilines is 2. The average molecular weight is 544 g/mol. The van der Waals surface area contributed by atoms with E-state index in [1.54, 1.807) is 0 Å². The molecule has 0 aliphatic rings. The SMILES string of the molecule is O=C(CSc1nnc(-c2ccccc2)c(-c2ccccc2)n1)Nc1ccc(S(=O)(=O)Nc2ncc[nH]2)cc1. The molecule has 0 unspecified atom stereocenters. The lowest BCUT2D eigenvalue weighted by Crippen LogP contribution is -2.16. The molecule has 38 heavy (non-hydrogen) atoms. The monoisotopic (exact) mass is 543 g/mol. The highest BCUT2D eigenvalue weighted by Gasteiger charge is 2.17. The highest BCUT2D eigenvalue weighted by Crippen LogP contribution is 2.29. The first-order chi connectivity index (χ1) is 18.5. The molecule has 1 amide bonds. The lowest BCUT2D eigenvalue weighted by molar-refractivity contribution is -0.113. The summed E-state index contributed by atoms with van der Waals surface area (Å²) in [4.78, 5) is 23.8. The zero-order valence-electron chi connectivity index (χ0n) is 19.8. The zero-order valence-corrected chi connectivity index (χ0v) is 21.4. The van der Waals surface area contributed by atoms with E-state index in [1.807, 2.05) is 60.7 Å². The number of imidazole rings is 1. The number of rotatable bonds is 9. The maximum atomic E-state index is 12.6. The third kappa shape index (κ3) is 6.05. The van der Waals surface area contributed by atoms with Crippen LogP contribution in [0.3, 0.4) is 0 Å². The number of nitrogens with zero attached hydrogens (tertiary/aromatic N) is 4. The van der Waals surface area contributed by atoms with Gasteiger partial charge in [-0.05, 0) is 24.3 Å². The van der Waals surface area contributed by atoms with E-state index in [0.29, 0.717) is 22.2 Å². The molecule has 0 saturated heterocycles. The number of benzene rings is 3. The molecule has 0 saturated carbocycles. The van der Waals surface area contributed by atoms with Crippen LogP contribution in [0.4, 0.5) is 11.6 Å². The molecule has 2 aromatic heterocycles. The number of thioether (sulfide) groups is 1. The largest absolute Gasteiger partial charge is 0.330 e. The molecule has 0 aliphatic carbocycles. The van der Waals surface area contributed by atoms with Crippen LogP contribution < -0.4 is 10.0 Å². The number of aromatic nitrogens is 5. The summed E-state index contributed by atoms with van der Waals surface area (Å²) in [6.45, 7) is 0. The summed E-state index contributed by atoms with van der Waals surface area (Å²) in [5.74, 6) is -0.139. The molecule has 0 aliphatic heterocycles. The van der Waals surface area contributed by atoms with Crippen LogP contribution >= 0.6 is 11.8 Å². The third-order valence-corrected chi connectivity index (χ3v) is 7.46. The van der Waals surface area contributed by atoms with Crippen LogP contribution in [0.5, 0.6) is 0 Å². The van der Waals surface area contributed by atoms with E-state index in [-0.39, 0.29) is 22.5 Å². The van der Waals surface area contributed by atoms with E-state index >= 15 is 0 Å². The maximum Gasteiger partial charge on any atom is 0.264 e. The van der Waals surface area contributed by atoms with Crippen molar-refractivity contribution < 1.29 is 13.2 Å². The highest BCUT2D eigenvalue weighted by molar-refractivity contribution is 7.99. The predicted octanol–water partition coefficient (Wildman–Crippen LogP) is 4.46. The van der Waals surface area contributed by atoms with Crippen molar-refractivity contribution in [1.82, 2.24) is 25.1 Å². The number of hydrogen-bond acceptors (Lipinski definition) is 8. The number of H-pyrrole nitrogens is 1. The molecule has 10 nitrogen and oxygen atoms in total. The van der Waals surface area contributed by atoms with Gasteiger partial charge in [-0.15, -0.1) is 10.2 Å². The van der Waals surface area contributed by atoms with Crippen molar-refractivity contribution >= 4 is 39.3 Å². The fraction of sp³-hybridized carbons (Fsp3) is 0.0385. The molecular formula is C26H21N7O3S2. The van der Waals surface area contributed by atoms with Gasteiger partial charge in [0.05, 0.1) is 10.6 Å². The van der Waals surface area contributed by atoms with Crippen LogP contribution in [0.25, 0.3) is 22.5 Å². The van der Waals surface area contributed by atoms with Crippen LogP contribution in [-0.4, -0.2) is 45.2 Å². The van der Waals surface area contributed by atoms with Crippen molar-refractivity contribution in [3.05, 3.63) is 97.3 Å². The van der Waals surface area contributed by atoms with Crippen molar-refractivity contribution in [2.24, 2.45) is 0 Å². The van der Waals surface area contributed by atoms with Crippen molar-refractivity contribution in [3.63, 3.8) is 0 Å². The average Bonchev–Trinajstić information content (AvgIpc) is 3.45. The quantitative estimate of drug-likeness (QED) is 0.231. The summed E-state index contributed by atoms with van der Waals surface area (Å²) >= 11 is 1.16. The Morgan fingerprint density at radius 1 is 0.842 bits per heavy atom. The molecular weight excluding hydrogens is 522 g/mol. The second-order valence-corrected chi connectivity index (χ2v) is 10.6. The smallest absolute Gasteiger partial charge is 0.264 e. The van der Waals surface area contributed by atoms with Crippen molar-refractivity contribution in [2.45, 2.75) is 10.1 Å². The lowest BCUT2D eigenvalue weighted by Gasteiger charge is -2.10. The summed E-state index contributed by atoms with van der Waals surface area (Å²) in [6.07, 6.45) is 2.95. The van der Waals surface area contributed by atoms with Crippen LogP contribution in [0.15, 0.2) is 107 Å². The summed E-state index contributed by atoms with van der Waals surface area (Å²) in [5.41, 5.74) is 3.57. The van der Waals surface area contributed by atoms with E-state index in [9.17, 15) is 13.2 Å². The first kappa shape index (κ1) is 25.1. The van der Waals surface area contributed by atoms with Gasteiger partial charge in [-0.2, -0.15) is 0 Å². The lowest BCUT2D eigenvalue weighted by atomic mass is 10.0. The van der Waals surface area contributed by atoms with Crippen LogP contribution in [0.1, 0.15) is 0 Å². The minimum atomic E-state index is -3.81. The van der Waals surface area contributed by atoms with Gasteiger partial charge in [0, 0.05) is 29.2 Å². The van der Waals surface area contributed by atoms with E-state index in [0.717, 1.165) is 22.9 Å². The Labute approximate surface area is 223 Å². The summed E-state index contributed by atoms with van der Waals surface area (Å²) in [6, 6.07) is 25.2. The molecule has 0 radical (unpaired) electrons. The number of amides is 1. The molecule has 2 heterocycles. The predicted molar refractivity (Wildman–Crippen MR) is 146 cm³/mol. The van der Waals surface area contributed by atoms with E-state index in [4.69, 9.17) is 4.98 Å².